The minimum absolute atomic E-state index is 0.179. The molecule has 0 radical (unpaired) electrons. The summed E-state index contributed by atoms with van der Waals surface area (Å²) in [4.78, 5) is 12.0. The third kappa shape index (κ3) is 3.00. The van der Waals surface area contributed by atoms with Crippen LogP contribution in [0.15, 0.2) is 40.9 Å². The maximum Gasteiger partial charge on any atom is 0.263 e. The van der Waals surface area contributed by atoms with Crippen molar-refractivity contribution in [2.75, 3.05) is 5.32 Å². The summed E-state index contributed by atoms with van der Waals surface area (Å²) in [6, 6.07) is 8.97. The highest BCUT2D eigenvalue weighted by atomic mass is 79.9. The maximum atomic E-state index is 12.0. The number of rotatable bonds is 2. The number of phenolic OH excluding ortho intramolecular Hbond substituents is 2. The lowest BCUT2D eigenvalue weighted by molar-refractivity contribution is 0.102. The van der Waals surface area contributed by atoms with E-state index in [-0.39, 0.29) is 17.1 Å². The fraction of sp³-hybridized carbons (Fsp3) is 0. The van der Waals surface area contributed by atoms with Crippen molar-refractivity contribution < 1.29 is 15.0 Å². The first-order valence-corrected chi connectivity index (χ1v) is 6.43. The van der Waals surface area contributed by atoms with Gasteiger partial charge in [-0.05, 0) is 46.3 Å². The molecule has 0 heterocycles. The monoisotopic (exact) mass is 341 g/mol. The van der Waals surface area contributed by atoms with Crippen LogP contribution in [0.25, 0.3) is 0 Å². The Bertz CT molecular complexity index is 626. The third-order valence-electron chi connectivity index (χ3n) is 2.43. The highest BCUT2D eigenvalue weighted by molar-refractivity contribution is 9.10. The van der Waals surface area contributed by atoms with Crippen LogP contribution in [0.1, 0.15) is 10.4 Å². The van der Waals surface area contributed by atoms with Crippen molar-refractivity contribution in [3.05, 3.63) is 51.5 Å². The summed E-state index contributed by atoms with van der Waals surface area (Å²) in [5.74, 6) is -1.20. The van der Waals surface area contributed by atoms with Gasteiger partial charge in [0.25, 0.3) is 5.91 Å². The maximum absolute atomic E-state index is 12.0. The number of aromatic hydroxyl groups is 2. The number of amides is 1. The number of anilines is 1. The van der Waals surface area contributed by atoms with Crippen LogP contribution < -0.4 is 5.32 Å². The van der Waals surface area contributed by atoms with Gasteiger partial charge in [0.15, 0.2) is 0 Å². The van der Waals surface area contributed by atoms with E-state index in [0.29, 0.717) is 15.2 Å². The molecule has 0 aliphatic carbocycles. The molecule has 0 atom stereocenters. The molecular formula is C13H9BrClNO3. The van der Waals surface area contributed by atoms with E-state index in [1.54, 1.807) is 18.2 Å². The van der Waals surface area contributed by atoms with Gasteiger partial charge in [0.1, 0.15) is 17.1 Å². The molecule has 0 saturated heterocycles. The second-order valence-electron chi connectivity index (χ2n) is 3.75. The molecule has 2 rings (SSSR count). The second-order valence-corrected chi connectivity index (χ2v) is 5.02. The first-order chi connectivity index (χ1) is 8.99. The summed E-state index contributed by atoms with van der Waals surface area (Å²) in [5, 5.41) is 22.2. The van der Waals surface area contributed by atoms with E-state index in [9.17, 15) is 15.0 Å². The van der Waals surface area contributed by atoms with E-state index in [1.807, 2.05) is 0 Å². The van der Waals surface area contributed by atoms with Crippen LogP contribution in [0.3, 0.4) is 0 Å². The summed E-state index contributed by atoms with van der Waals surface area (Å²) in [5.41, 5.74) is 0.280. The highest BCUT2D eigenvalue weighted by Crippen LogP contribution is 2.29. The Balaban J connectivity index is 2.28. The topological polar surface area (TPSA) is 69.6 Å². The highest BCUT2D eigenvalue weighted by Gasteiger charge is 2.16. The number of carbonyl (C=O) groups excluding carboxylic acids is 1. The molecule has 6 heteroatoms. The van der Waals surface area contributed by atoms with Crippen LogP contribution >= 0.6 is 27.5 Å². The molecule has 1 amide bonds. The zero-order chi connectivity index (χ0) is 14.0. The van der Waals surface area contributed by atoms with Gasteiger partial charge in [-0.2, -0.15) is 0 Å². The van der Waals surface area contributed by atoms with Gasteiger partial charge in [-0.3, -0.25) is 4.79 Å². The molecule has 0 aliphatic rings. The minimum atomic E-state index is -0.617. The number of halogens is 2. The Morgan fingerprint density at radius 1 is 1.16 bits per heavy atom. The van der Waals surface area contributed by atoms with Gasteiger partial charge in [-0.1, -0.05) is 17.7 Å². The Morgan fingerprint density at radius 3 is 2.37 bits per heavy atom. The number of hydrogen-bond acceptors (Lipinski definition) is 3. The van der Waals surface area contributed by atoms with Gasteiger partial charge in [0, 0.05) is 10.2 Å². The van der Waals surface area contributed by atoms with Gasteiger partial charge in [-0.25, -0.2) is 0 Å². The molecule has 98 valence electrons. The quantitative estimate of drug-likeness (QED) is 0.778. The number of benzene rings is 2. The smallest absolute Gasteiger partial charge is 0.263 e. The SMILES string of the molecule is O=C(Nc1ccc(Br)c(Cl)c1)c1c(O)cccc1O. The van der Waals surface area contributed by atoms with E-state index in [4.69, 9.17) is 11.6 Å². The van der Waals surface area contributed by atoms with Crippen molar-refractivity contribution in [1.29, 1.82) is 0 Å². The molecule has 0 bridgehead atoms. The number of phenols is 2. The minimum Gasteiger partial charge on any atom is -0.507 e. The fourth-order valence-electron chi connectivity index (χ4n) is 1.53. The largest absolute Gasteiger partial charge is 0.507 e. The van der Waals surface area contributed by atoms with Gasteiger partial charge < -0.3 is 15.5 Å². The molecule has 0 fully saturated rings. The lowest BCUT2D eigenvalue weighted by Crippen LogP contribution is -2.12. The Hall–Kier alpha value is -1.72. The Morgan fingerprint density at radius 2 is 1.79 bits per heavy atom. The van der Waals surface area contributed by atoms with Crippen molar-refractivity contribution >= 4 is 39.1 Å². The van der Waals surface area contributed by atoms with Crippen LogP contribution in [-0.2, 0) is 0 Å². The van der Waals surface area contributed by atoms with Gasteiger partial charge >= 0.3 is 0 Å². The van der Waals surface area contributed by atoms with Crippen molar-refractivity contribution in [1.82, 2.24) is 0 Å². The van der Waals surface area contributed by atoms with E-state index in [1.165, 1.54) is 18.2 Å². The molecule has 0 spiro atoms. The summed E-state index contributed by atoms with van der Waals surface area (Å²) < 4.78 is 0.706. The molecule has 0 saturated carbocycles. The van der Waals surface area contributed by atoms with Crippen LogP contribution in [0.5, 0.6) is 11.5 Å². The molecule has 19 heavy (non-hydrogen) atoms. The van der Waals surface area contributed by atoms with Crippen LogP contribution in [0.4, 0.5) is 5.69 Å². The summed E-state index contributed by atoms with van der Waals surface area (Å²) >= 11 is 9.15. The molecule has 2 aromatic rings. The fourth-order valence-corrected chi connectivity index (χ4v) is 1.96. The summed E-state index contributed by atoms with van der Waals surface area (Å²) in [6.45, 7) is 0. The molecule has 0 unspecified atom stereocenters. The van der Waals surface area contributed by atoms with Gasteiger partial charge in [-0.15, -0.1) is 0 Å². The van der Waals surface area contributed by atoms with Crippen molar-refractivity contribution in [3.8, 4) is 11.5 Å². The standard InChI is InChI=1S/C13H9BrClNO3/c14-8-5-4-7(6-9(8)15)16-13(19)12-10(17)2-1-3-11(12)18/h1-6,17-18H,(H,16,19). The molecule has 4 nitrogen and oxygen atoms in total. The second kappa shape index (κ2) is 5.50. The summed E-state index contributed by atoms with van der Waals surface area (Å²) in [7, 11) is 0. The molecule has 2 aromatic carbocycles. The predicted molar refractivity (Wildman–Crippen MR) is 76.9 cm³/mol. The molecule has 0 aromatic heterocycles. The zero-order valence-corrected chi connectivity index (χ0v) is 11.9. The first-order valence-electron chi connectivity index (χ1n) is 5.26. The van der Waals surface area contributed by atoms with Crippen molar-refractivity contribution in [2.45, 2.75) is 0 Å². The lowest BCUT2D eigenvalue weighted by Gasteiger charge is -2.09. The number of nitrogens with one attached hydrogen (secondary N) is 1. The van der Waals surface area contributed by atoms with Gasteiger partial charge in [0.05, 0.1) is 5.02 Å². The van der Waals surface area contributed by atoms with E-state index >= 15 is 0 Å². The molecule has 0 aliphatic heterocycles. The molecular weight excluding hydrogens is 334 g/mol. The Kier molecular flexibility index (Phi) is 3.97. The van der Waals surface area contributed by atoms with Crippen LogP contribution in [-0.4, -0.2) is 16.1 Å². The predicted octanol–water partition coefficient (Wildman–Crippen LogP) is 3.77. The number of hydrogen-bond donors (Lipinski definition) is 3. The summed E-state index contributed by atoms with van der Waals surface area (Å²) in [6.07, 6.45) is 0. The lowest BCUT2D eigenvalue weighted by atomic mass is 10.1. The Labute approximate surface area is 122 Å². The van der Waals surface area contributed by atoms with Gasteiger partial charge in [0.2, 0.25) is 0 Å². The van der Waals surface area contributed by atoms with Crippen LogP contribution in [0, 0.1) is 0 Å². The molecule has 3 N–H and O–H groups in total. The van der Waals surface area contributed by atoms with Crippen molar-refractivity contribution in [2.24, 2.45) is 0 Å². The average Bonchev–Trinajstić information content (AvgIpc) is 2.33. The van der Waals surface area contributed by atoms with E-state index in [0.717, 1.165) is 0 Å². The van der Waals surface area contributed by atoms with Crippen LogP contribution in [0.2, 0.25) is 5.02 Å². The zero-order valence-electron chi connectivity index (χ0n) is 9.52. The van der Waals surface area contributed by atoms with E-state index < -0.39 is 5.91 Å². The van der Waals surface area contributed by atoms with E-state index in [2.05, 4.69) is 21.2 Å². The number of carbonyl (C=O) groups is 1. The average molecular weight is 343 g/mol. The van der Waals surface area contributed by atoms with Crippen molar-refractivity contribution in [3.63, 3.8) is 0 Å². The normalized spacial score (nSPS) is 10.2. The third-order valence-corrected chi connectivity index (χ3v) is 3.66. The first kappa shape index (κ1) is 13.7.